The number of fused-ring (bicyclic) bond motifs is 3. The summed E-state index contributed by atoms with van der Waals surface area (Å²) in [7, 11) is -6.93. The van der Waals surface area contributed by atoms with Gasteiger partial charge in [-0.2, -0.15) is 0 Å². The van der Waals surface area contributed by atoms with Crippen molar-refractivity contribution in [1.29, 1.82) is 0 Å². The highest BCUT2D eigenvalue weighted by Crippen LogP contribution is 2.35. The Labute approximate surface area is 546 Å². The first-order valence-electron chi connectivity index (χ1n) is 32.1. The summed E-state index contributed by atoms with van der Waals surface area (Å²) in [6.45, 7) is 0. The van der Waals surface area contributed by atoms with E-state index in [0.29, 0.717) is 0 Å². The molecule has 1 atom stereocenters. The standard InChI is InChI=1S/C88H65N3Si2/c1-8-26-64(27-9-1)68-44-52-76(53-45-68)92(74-36-18-6-19-37-74,77-54-46-69(47-55-77)65-28-10-2-11-29-65)80-60-73(88-89-84(72-34-16-5-17-35-72)63-87(90-88)91-85-42-24-22-40-82(85)83-41-23-25-43-86(83)91)61-81(62-80)93(75-38-20-7-21-39-75,78-56-48-70(49-57-78)66-30-12-3-13-31-66)79-58-50-71(51-59-79)67-32-14-4-15-33-67/h1-63,87H,(H,89,90). The van der Waals surface area contributed by atoms with Crippen molar-refractivity contribution in [3.63, 3.8) is 0 Å². The van der Waals surface area contributed by atoms with Gasteiger partial charge in [0.05, 0.1) is 16.7 Å². The quantitative estimate of drug-likeness (QED) is 0.0804. The molecule has 16 rings (SSSR count). The highest BCUT2D eigenvalue weighted by Gasteiger charge is 2.47. The summed E-state index contributed by atoms with van der Waals surface area (Å²) in [6.07, 6.45) is 1.99. The lowest BCUT2D eigenvalue weighted by Gasteiger charge is -2.39. The van der Waals surface area contributed by atoms with Crippen molar-refractivity contribution in [2.45, 2.75) is 6.17 Å². The number of para-hydroxylation sites is 2. The second-order valence-electron chi connectivity index (χ2n) is 24.2. The molecule has 1 N–H and O–H groups in total. The molecular formula is C88H65N3Si2. The Morgan fingerprint density at radius 1 is 0.237 bits per heavy atom. The minimum Gasteiger partial charge on any atom is -0.346 e. The topological polar surface area (TPSA) is 29.3 Å². The molecule has 14 aromatic carbocycles. The maximum Gasteiger partial charge on any atom is 0.179 e. The molecule has 0 aliphatic carbocycles. The van der Waals surface area contributed by atoms with E-state index in [1.54, 1.807) is 0 Å². The fourth-order valence-corrected chi connectivity index (χ4v) is 24.3. The monoisotopic (exact) mass is 1220 g/mol. The number of nitrogens with one attached hydrogen (secondary N) is 1. The second-order valence-corrected chi connectivity index (χ2v) is 31.8. The van der Waals surface area contributed by atoms with Crippen LogP contribution in [0, 0.1) is 0 Å². The summed E-state index contributed by atoms with van der Waals surface area (Å²) in [5.74, 6) is 0.802. The fourth-order valence-electron chi connectivity index (χ4n) is 14.6. The summed E-state index contributed by atoms with van der Waals surface area (Å²) in [6, 6.07) is 140. The van der Waals surface area contributed by atoms with Crippen LogP contribution in [-0.4, -0.2) is 26.6 Å². The molecule has 0 saturated heterocycles. The number of aromatic nitrogens is 1. The van der Waals surface area contributed by atoms with Crippen LogP contribution in [0.25, 0.3) is 72.0 Å². The zero-order valence-corrected chi connectivity index (χ0v) is 53.3. The number of aliphatic imine (C=N–C) groups is 1. The second kappa shape index (κ2) is 24.7. The Bertz CT molecular complexity index is 4700. The first-order valence-corrected chi connectivity index (χ1v) is 36.1. The van der Waals surface area contributed by atoms with Gasteiger partial charge in [-0.25, -0.2) is 4.99 Å². The summed E-state index contributed by atoms with van der Waals surface area (Å²) >= 11 is 0. The number of amidine groups is 1. The third-order valence-electron chi connectivity index (χ3n) is 19.0. The van der Waals surface area contributed by atoms with E-state index in [4.69, 9.17) is 4.99 Å². The van der Waals surface area contributed by atoms with Crippen LogP contribution < -0.4 is 46.8 Å². The highest BCUT2D eigenvalue weighted by molar-refractivity contribution is 7.22. The average molecular weight is 1220 g/mol. The van der Waals surface area contributed by atoms with Crippen molar-refractivity contribution in [3.8, 4) is 44.5 Å². The SMILES string of the molecule is C1=C(c2ccccc2)N=C(c2cc([Si](c3ccccc3)(c3ccc(-c4ccccc4)cc3)c3ccc(-c4ccccc4)cc3)cc([Si](c3ccccc3)(c3ccc(-c4ccccc4)cc3)c3ccc(-c4ccccc4)cc3)c2)NC1n1c2ccccc2c2ccccc21. The Balaban J connectivity index is 1.03. The minimum atomic E-state index is -3.47. The van der Waals surface area contributed by atoms with Crippen LogP contribution in [0.2, 0.25) is 0 Å². The van der Waals surface area contributed by atoms with Gasteiger partial charge in [0.15, 0.2) is 16.1 Å². The zero-order valence-electron chi connectivity index (χ0n) is 51.3. The third kappa shape index (κ3) is 10.4. The predicted molar refractivity (Wildman–Crippen MR) is 398 cm³/mol. The van der Waals surface area contributed by atoms with E-state index in [1.807, 2.05) is 0 Å². The number of hydrogen-bond donors (Lipinski definition) is 1. The van der Waals surface area contributed by atoms with E-state index in [1.165, 1.54) is 96.8 Å². The maximum absolute atomic E-state index is 5.89. The smallest absolute Gasteiger partial charge is 0.179 e. The van der Waals surface area contributed by atoms with Crippen LogP contribution in [0.1, 0.15) is 17.3 Å². The molecule has 0 spiro atoms. The average Bonchev–Trinajstić information content (AvgIpc) is 1.68. The molecule has 1 aliphatic heterocycles. The van der Waals surface area contributed by atoms with Gasteiger partial charge in [-0.1, -0.05) is 364 Å². The van der Waals surface area contributed by atoms with Gasteiger partial charge in [-0.15, -0.1) is 0 Å². The van der Waals surface area contributed by atoms with Crippen molar-refractivity contribution in [2.75, 3.05) is 0 Å². The largest absolute Gasteiger partial charge is 0.346 e. The van der Waals surface area contributed by atoms with Crippen molar-refractivity contribution >= 4 is 91.0 Å². The minimum absolute atomic E-state index is 0.330. The number of hydrogen-bond acceptors (Lipinski definition) is 2. The van der Waals surface area contributed by atoms with Crippen molar-refractivity contribution in [3.05, 3.63) is 393 Å². The fraction of sp³-hybridized carbons (Fsp3) is 0.0114. The summed E-state index contributed by atoms with van der Waals surface area (Å²) < 4.78 is 2.48. The first-order chi connectivity index (χ1) is 46.1. The summed E-state index contributed by atoms with van der Waals surface area (Å²) in [4.78, 5) is 5.89. The lowest BCUT2D eigenvalue weighted by Crippen LogP contribution is -2.78. The Kier molecular flexibility index (Phi) is 15.1. The van der Waals surface area contributed by atoms with Gasteiger partial charge in [-0.3, -0.25) is 0 Å². The van der Waals surface area contributed by atoms with E-state index in [0.717, 1.165) is 33.7 Å². The Morgan fingerprint density at radius 3 is 0.839 bits per heavy atom. The molecule has 0 saturated carbocycles. The molecule has 0 fully saturated rings. The number of nitrogens with zero attached hydrogens (tertiary/aromatic N) is 2. The van der Waals surface area contributed by atoms with Crippen molar-refractivity contribution in [2.24, 2.45) is 4.99 Å². The summed E-state index contributed by atoms with van der Waals surface area (Å²) in [5.41, 5.74) is 14.7. The van der Waals surface area contributed by atoms with Crippen LogP contribution in [0.15, 0.2) is 387 Å². The van der Waals surface area contributed by atoms with E-state index >= 15 is 0 Å². The van der Waals surface area contributed by atoms with Gasteiger partial charge in [0.25, 0.3) is 0 Å². The van der Waals surface area contributed by atoms with Crippen LogP contribution in [0.5, 0.6) is 0 Å². The maximum atomic E-state index is 5.89. The third-order valence-corrected chi connectivity index (χ3v) is 28.5. The lowest BCUT2D eigenvalue weighted by atomic mass is 10.1. The molecule has 1 aliphatic rings. The molecule has 0 amide bonds. The van der Waals surface area contributed by atoms with Crippen LogP contribution in [0.4, 0.5) is 0 Å². The molecule has 3 nitrogen and oxygen atoms in total. The molecule has 1 aromatic heterocycles. The number of rotatable bonds is 15. The molecule has 93 heavy (non-hydrogen) atoms. The molecule has 15 aromatic rings. The van der Waals surface area contributed by atoms with Gasteiger partial charge in [-0.05, 0) is 104 Å². The van der Waals surface area contributed by atoms with Crippen LogP contribution in [0.3, 0.4) is 0 Å². The molecule has 5 heteroatoms. The Morgan fingerprint density at radius 2 is 0.505 bits per heavy atom. The molecule has 440 valence electrons. The van der Waals surface area contributed by atoms with Gasteiger partial charge < -0.3 is 9.88 Å². The van der Waals surface area contributed by atoms with E-state index < -0.39 is 16.1 Å². The van der Waals surface area contributed by atoms with E-state index in [-0.39, 0.29) is 6.17 Å². The lowest BCUT2D eigenvalue weighted by molar-refractivity contribution is 0.600. The molecular weight excluding hydrogens is 1160 g/mol. The van der Waals surface area contributed by atoms with E-state index in [9.17, 15) is 0 Å². The van der Waals surface area contributed by atoms with Crippen LogP contribution >= 0.6 is 0 Å². The first kappa shape index (κ1) is 56.7. The van der Waals surface area contributed by atoms with Gasteiger partial charge >= 0.3 is 0 Å². The van der Waals surface area contributed by atoms with Crippen molar-refractivity contribution in [1.82, 2.24) is 9.88 Å². The van der Waals surface area contributed by atoms with Gasteiger partial charge in [0, 0.05) is 21.9 Å². The Hall–Kier alpha value is -11.5. The van der Waals surface area contributed by atoms with Gasteiger partial charge in [0.1, 0.15) is 12.0 Å². The zero-order chi connectivity index (χ0) is 62.0. The normalized spacial score (nSPS) is 13.3. The van der Waals surface area contributed by atoms with Crippen LogP contribution in [-0.2, 0) is 0 Å². The van der Waals surface area contributed by atoms with E-state index in [2.05, 4.69) is 392 Å². The molecule has 1 unspecified atom stereocenters. The number of benzene rings is 14. The summed E-state index contributed by atoms with van der Waals surface area (Å²) in [5, 5.41) is 16.8. The predicted octanol–water partition coefficient (Wildman–Crippen LogP) is 15.8. The molecule has 2 heterocycles. The van der Waals surface area contributed by atoms with Gasteiger partial charge in [0.2, 0.25) is 0 Å². The van der Waals surface area contributed by atoms with Crippen molar-refractivity contribution < 1.29 is 0 Å². The highest BCUT2D eigenvalue weighted by atomic mass is 28.3. The molecule has 0 radical (unpaired) electrons. The molecule has 0 bridgehead atoms.